The summed E-state index contributed by atoms with van der Waals surface area (Å²) in [6.07, 6.45) is 16.1. The summed E-state index contributed by atoms with van der Waals surface area (Å²) in [6, 6.07) is 4.43. The molecule has 1 aromatic rings. The standard InChI is InChI=1S/C28H44ClNO4/c1-3-5-7-8-9-10-11-12-14-16-25(31)23-18-19-26(32)24(22-23)28(33)34-27(17-13-6-4-2)30-21-15-20-29/h15,18-20,22,27,30,32H,3-14,16-17,21H2,1-2H3. The van der Waals surface area contributed by atoms with Gasteiger partial charge in [-0.1, -0.05) is 95.7 Å². The van der Waals surface area contributed by atoms with Crippen molar-refractivity contribution >= 4 is 23.4 Å². The first-order valence-electron chi connectivity index (χ1n) is 13.1. The van der Waals surface area contributed by atoms with E-state index in [0.29, 0.717) is 24.9 Å². The number of nitrogens with one attached hydrogen (secondary N) is 1. The quantitative estimate of drug-likeness (QED) is 0.0835. The number of carbonyl (C=O) groups is 2. The number of hydrogen-bond donors (Lipinski definition) is 2. The lowest BCUT2D eigenvalue weighted by molar-refractivity contribution is 0.0192. The van der Waals surface area contributed by atoms with E-state index >= 15 is 0 Å². The predicted octanol–water partition coefficient (Wildman–Crippen LogP) is 7.90. The minimum atomic E-state index is -0.640. The molecule has 1 rings (SSSR count). The summed E-state index contributed by atoms with van der Waals surface area (Å²) < 4.78 is 5.61. The number of phenols is 1. The predicted molar refractivity (Wildman–Crippen MR) is 141 cm³/mol. The zero-order valence-electron chi connectivity index (χ0n) is 21.1. The number of esters is 1. The van der Waals surface area contributed by atoms with E-state index in [2.05, 4.69) is 19.2 Å². The minimum Gasteiger partial charge on any atom is -0.507 e. The molecule has 5 nitrogen and oxygen atoms in total. The molecule has 0 aliphatic carbocycles. The van der Waals surface area contributed by atoms with Gasteiger partial charge in [-0.3, -0.25) is 10.1 Å². The molecule has 1 atom stereocenters. The van der Waals surface area contributed by atoms with E-state index in [1.54, 1.807) is 12.1 Å². The first-order chi connectivity index (χ1) is 16.5. The van der Waals surface area contributed by atoms with Gasteiger partial charge < -0.3 is 9.84 Å². The molecule has 34 heavy (non-hydrogen) atoms. The SMILES string of the molecule is CCCCCCCCCCCC(=O)c1ccc(O)c(C(=O)OC(CCCCC)NCC=CCl)c1. The maximum atomic E-state index is 12.8. The second-order valence-electron chi connectivity index (χ2n) is 8.89. The first kappa shape index (κ1) is 30.2. The van der Waals surface area contributed by atoms with Gasteiger partial charge in [0.1, 0.15) is 11.3 Å². The second-order valence-corrected chi connectivity index (χ2v) is 9.15. The van der Waals surface area contributed by atoms with Crippen LogP contribution in [0.25, 0.3) is 0 Å². The summed E-state index contributed by atoms with van der Waals surface area (Å²) in [5.74, 6) is -0.835. The number of hydrogen-bond acceptors (Lipinski definition) is 5. The number of halogens is 1. The average Bonchev–Trinajstić information content (AvgIpc) is 2.83. The van der Waals surface area contributed by atoms with E-state index in [1.807, 2.05) is 0 Å². The number of phenolic OH excluding ortho intramolecular Hbond substituents is 1. The Hall–Kier alpha value is -1.85. The molecular weight excluding hydrogens is 450 g/mol. The Labute approximate surface area is 211 Å². The Morgan fingerprint density at radius 3 is 2.24 bits per heavy atom. The van der Waals surface area contributed by atoms with Crippen molar-refractivity contribution in [1.82, 2.24) is 5.32 Å². The van der Waals surface area contributed by atoms with Crippen LogP contribution in [0.15, 0.2) is 29.8 Å². The molecule has 0 spiro atoms. The van der Waals surface area contributed by atoms with E-state index in [1.165, 1.54) is 56.2 Å². The second kappa shape index (κ2) is 19.5. The summed E-state index contributed by atoms with van der Waals surface area (Å²) in [5.41, 5.74) is 1.87. The number of Topliss-reactive ketones (excluding diaryl/α,β-unsaturated/α-hetero) is 1. The molecule has 2 N–H and O–H groups in total. The molecule has 0 aliphatic rings. The molecule has 0 aliphatic heterocycles. The van der Waals surface area contributed by atoms with Crippen LogP contribution in [-0.2, 0) is 4.74 Å². The van der Waals surface area contributed by atoms with Crippen LogP contribution in [0.5, 0.6) is 5.75 Å². The molecule has 0 bridgehead atoms. The highest BCUT2D eigenvalue weighted by atomic mass is 35.5. The maximum absolute atomic E-state index is 12.8. The molecule has 0 saturated carbocycles. The van der Waals surface area contributed by atoms with Crippen molar-refractivity contribution in [1.29, 1.82) is 0 Å². The monoisotopic (exact) mass is 493 g/mol. The fourth-order valence-corrected chi connectivity index (χ4v) is 3.92. The van der Waals surface area contributed by atoms with E-state index in [9.17, 15) is 14.7 Å². The Balaban J connectivity index is 2.57. The average molecular weight is 494 g/mol. The van der Waals surface area contributed by atoms with Gasteiger partial charge in [0.25, 0.3) is 0 Å². The fourth-order valence-electron chi connectivity index (χ4n) is 3.83. The molecule has 6 heteroatoms. The molecule has 0 saturated heterocycles. The van der Waals surface area contributed by atoms with Crippen LogP contribution in [0.4, 0.5) is 0 Å². The Morgan fingerprint density at radius 1 is 0.971 bits per heavy atom. The zero-order chi connectivity index (χ0) is 25.0. The molecule has 0 radical (unpaired) electrons. The largest absolute Gasteiger partial charge is 0.507 e. The molecule has 0 amide bonds. The van der Waals surface area contributed by atoms with E-state index in [-0.39, 0.29) is 17.1 Å². The van der Waals surface area contributed by atoms with Gasteiger partial charge >= 0.3 is 5.97 Å². The Morgan fingerprint density at radius 2 is 1.59 bits per heavy atom. The Bertz CT molecular complexity index is 735. The number of benzene rings is 1. The lowest BCUT2D eigenvalue weighted by Crippen LogP contribution is -2.34. The minimum absolute atomic E-state index is 0.0122. The number of aromatic hydroxyl groups is 1. The molecule has 192 valence electrons. The van der Waals surface area contributed by atoms with Gasteiger partial charge in [-0.2, -0.15) is 0 Å². The third-order valence-electron chi connectivity index (χ3n) is 5.92. The lowest BCUT2D eigenvalue weighted by atomic mass is 10.0. The van der Waals surface area contributed by atoms with Gasteiger partial charge in [-0.25, -0.2) is 4.79 Å². The van der Waals surface area contributed by atoms with Gasteiger partial charge in [0.15, 0.2) is 12.0 Å². The van der Waals surface area contributed by atoms with Crippen molar-refractivity contribution in [3.8, 4) is 5.75 Å². The highest BCUT2D eigenvalue weighted by Crippen LogP contribution is 2.22. The highest BCUT2D eigenvalue weighted by molar-refractivity contribution is 6.25. The topological polar surface area (TPSA) is 75.6 Å². The molecule has 1 unspecified atom stereocenters. The molecule has 0 aromatic heterocycles. The smallest absolute Gasteiger partial charge is 0.343 e. The molecule has 0 fully saturated rings. The Kier molecular flexibility index (Phi) is 17.3. The molecular formula is C28H44ClNO4. The van der Waals surface area contributed by atoms with Gasteiger partial charge in [0, 0.05) is 24.1 Å². The third kappa shape index (κ3) is 13.1. The van der Waals surface area contributed by atoms with Crippen LogP contribution in [-0.4, -0.2) is 29.6 Å². The van der Waals surface area contributed by atoms with Gasteiger partial charge in [-0.15, -0.1) is 0 Å². The number of unbranched alkanes of at least 4 members (excludes halogenated alkanes) is 10. The first-order valence-corrected chi connectivity index (χ1v) is 13.5. The molecule has 1 aromatic carbocycles. The van der Waals surface area contributed by atoms with Crippen LogP contribution in [0, 0.1) is 0 Å². The number of ketones is 1. The maximum Gasteiger partial charge on any atom is 0.343 e. The van der Waals surface area contributed by atoms with Crippen LogP contribution in [0.3, 0.4) is 0 Å². The van der Waals surface area contributed by atoms with Crippen LogP contribution in [0.2, 0.25) is 0 Å². The number of rotatable bonds is 20. The van der Waals surface area contributed by atoms with Crippen molar-refractivity contribution in [2.75, 3.05) is 6.54 Å². The van der Waals surface area contributed by atoms with Crippen molar-refractivity contribution in [3.05, 3.63) is 40.9 Å². The van der Waals surface area contributed by atoms with Crippen LogP contribution in [0.1, 0.15) is 124 Å². The van der Waals surface area contributed by atoms with Crippen molar-refractivity contribution < 1.29 is 19.4 Å². The summed E-state index contributed by atoms with van der Waals surface area (Å²) in [6.45, 7) is 4.80. The van der Waals surface area contributed by atoms with Crippen LogP contribution < -0.4 is 5.32 Å². The number of ether oxygens (including phenoxy) is 1. The van der Waals surface area contributed by atoms with Crippen LogP contribution >= 0.6 is 11.6 Å². The lowest BCUT2D eigenvalue weighted by Gasteiger charge is -2.19. The van der Waals surface area contributed by atoms with E-state index in [0.717, 1.165) is 38.5 Å². The number of carbonyl (C=O) groups excluding carboxylic acids is 2. The normalized spacial score (nSPS) is 12.2. The highest BCUT2D eigenvalue weighted by Gasteiger charge is 2.20. The van der Waals surface area contributed by atoms with Crippen molar-refractivity contribution in [2.45, 2.75) is 110 Å². The van der Waals surface area contributed by atoms with E-state index in [4.69, 9.17) is 16.3 Å². The fraction of sp³-hybridized carbons (Fsp3) is 0.643. The third-order valence-corrected chi connectivity index (χ3v) is 6.10. The summed E-state index contributed by atoms with van der Waals surface area (Å²) in [7, 11) is 0. The zero-order valence-corrected chi connectivity index (χ0v) is 21.9. The summed E-state index contributed by atoms with van der Waals surface area (Å²) in [4.78, 5) is 25.4. The summed E-state index contributed by atoms with van der Waals surface area (Å²) in [5, 5.41) is 13.4. The van der Waals surface area contributed by atoms with Crippen molar-refractivity contribution in [2.24, 2.45) is 0 Å². The van der Waals surface area contributed by atoms with Gasteiger partial charge in [0.2, 0.25) is 0 Å². The summed E-state index contributed by atoms with van der Waals surface area (Å²) >= 11 is 5.57. The van der Waals surface area contributed by atoms with Crippen molar-refractivity contribution in [3.63, 3.8) is 0 Å². The van der Waals surface area contributed by atoms with E-state index < -0.39 is 12.2 Å². The van der Waals surface area contributed by atoms with Gasteiger partial charge in [0.05, 0.1) is 0 Å². The van der Waals surface area contributed by atoms with Gasteiger partial charge in [-0.05, 0) is 37.5 Å². The molecule has 0 heterocycles.